The molecule has 1 saturated carbocycles. The molecule has 1 heterocycles. The highest BCUT2D eigenvalue weighted by Gasteiger charge is 2.20. The number of aromatic nitrogens is 3. The summed E-state index contributed by atoms with van der Waals surface area (Å²) < 4.78 is 2.06. The van der Waals surface area contributed by atoms with Gasteiger partial charge in [0, 0.05) is 17.5 Å². The number of thioether (sulfide) groups is 1. The predicted octanol–water partition coefficient (Wildman–Crippen LogP) is 3.40. The van der Waals surface area contributed by atoms with Gasteiger partial charge < -0.3 is 5.32 Å². The van der Waals surface area contributed by atoms with Gasteiger partial charge in [0.2, 0.25) is 0 Å². The molecular formula is C15H28N4S. The number of hydrogen-bond donors (Lipinski definition) is 1. The van der Waals surface area contributed by atoms with Crippen LogP contribution in [0.2, 0.25) is 0 Å². The standard InChI is InChI=1S/C15H28N4S/c1-3-10-19-15(11-17-18-19)14(16-4-2)12-20-13-8-6-5-7-9-13/h11,13-14,16H,3-10,12H2,1-2H3. The minimum atomic E-state index is 0.383. The van der Waals surface area contributed by atoms with Gasteiger partial charge in [-0.05, 0) is 25.8 Å². The number of nitrogens with one attached hydrogen (secondary N) is 1. The third kappa shape index (κ3) is 4.48. The fourth-order valence-corrected chi connectivity index (χ4v) is 4.30. The first-order chi connectivity index (χ1) is 9.85. The maximum Gasteiger partial charge on any atom is 0.0764 e. The van der Waals surface area contributed by atoms with Crippen molar-refractivity contribution in [3.8, 4) is 0 Å². The number of aryl methyl sites for hydroxylation is 1. The number of rotatable bonds is 8. The Kier molecular flexibility index (Phi) is 6.87. The van der Waals surface area contributed by atoms with Crippen LogP contribution < -0.4 is 5.32 Å². The summed E-state index contributed by atoms with van der Waals surface area (Å²) in [5, 5.41) is 12.8. The maximum atomic E-state index is 4.22. The van der Waals surface area contributed by atoms with E-state index in [0.717, 1.165) is 30.5 Å². The van der Waals surface area contributed by atoms with Gasteiger partial charge in [0.05, 0.1) is 17.9 Å². The van der Waals surface area contributed by atoms with Crippen molar-refractivity contribution < 1.29 is 0 Å². The lowest BCUT2D eigenvalue weighted by Gasteiger charge is -2.24. The summed E-state index contributed by atoms with van der Waals surface area (Å²) in [6, 6.07) is 0.383. The quantitative estimate of drug-likeness (QED) is 0.798. The summed E-state index contributed by atoms with van der Waals surface area (Å²) in [6.07, 6.45) is 10.1. The van der Waals surface area contributed by atoms with Gasteiger partial charge in [-0.15, -0.1) is 5.10 Å². The van der Waals surface area contributed by atoms with Crippen LogP contribution >= 0.6 is 11.8 Å². The molecule has 1 aliphatic rings. The molecule has 0 saturated heterocycles. The molecule has 4 nitrogen and oxygen atoms in total. The zero-order valence-electron chi connectivity index (χ0n) is 12.8. The summed E-state index contributed by atoms with van der Waals surface area (Å²) in [7, 11) is 0. The molecule has 0 bridgehead atoms. The van der Waals surface area contributed by atoms with E-state index in [4.69, 9.17) is 0 Å². The maximum absolute atomic E-state index is 4.22. The molecule has 114 valence electrons. The van der Waals surface area contributed by atoms with E-state index in [2.05, 4.69) is 45.9 Å². The van der Waals surface area contributed by atoms with Crippen molar-refractivity contribution in [2.75, 3.05) is 12.3 Å². The topological polar surface area (TPSA) is 42.7 Å². The molecule has 1 aliphatic carbocycles. The zero-order chi connectivity index (χ0) is 14.2. The smallest absolute Gasteiger partial charge is 0.0764 e. The summed E-state index contributed by atoms with van der Waals surface area (Å²) in [5.74, 6) is 1.13. The Hall–Kier alpha value is -0.550. The molecular weight excluding hydrogens is 268 g/mol. The Labute approximate surface area is 127 Å². The third-order valence-corrected chi connectivity index (χ3v) is 5.41. The van der Waals surface area contributed by atoms with Crippen LogP contribution in [0.25, 0.3) is 0 Å². The van der Waals surface area contributed by atoms with Crippen LogP contribution in [0.15, 0.2) is 6.20 Å². The molecule has 0 aliphatic heterocycles. The Balaban J connectivity index is 1.93. The monoisotopic (exact) mass is 296 g/mol. The SMILES string of the molecule is CCCn1nncc1C(CSC1CCCCC1)NCC. The van der Waals surface area contributed by atoms with Crippen LogP contribution in [0.5, 0.6) is 0 Å². The van der Waals surface area contributed by atoms with E-state index >= 15 is 0 Å². The number of nitrogens with zero attached hydrogens (tertiary/aromatic N) is 3. The molecule has 1 unspecified atom stereocenters. The second kappa shape index (κ2) is 8.67. The second-order valence-electron chi connectivity index (χ2n) is 5.59. The van der Waals surface area contributed by atoms with Crippen molar-refractivity contribution in [3.05, 3.63) is 11.9 Å². The third-order valence-electron chi connectivity index (χ3n) is 3.94. The van der Waals surface area contributed by atoms with Crippen molar-refractivity contribution in [2.45, 2.75) is 70.2 Å². The summed E-state index contributed by atoms with van der Waals surface area (Å²) in [4.78, 5) is 0. The lowest BCUT2D eigenvalue weighted by atomic mass is 10.0. The fraction of sp³-hybridized carbons (Fsp3) is 0.867. The van der Waals surface area contributed by atoms with Crippen molar-refractivity contribution in [3.63, 3.8) is 0 Å². The Morgan fingerprint density at radius 1 is 1.35 bits per heavy atom. The van der Waals surface area contributed by atoms with Crippen LogP contribution in [0.1, 0.15) is 64.1 Å². The van der Waals surface area contributed by atoms with E-state index in [1.54, 1.807) is 0 Å². The van der Waals surface area contributed by atoms with Gasteiger partial charge in [-0.3, -0.25) is 0 Å². The summed E-state index contributed by atoms with van der Waals surface area (Å²) >= 11 is 2.14. The number of hydrogen-bond acceptors (Lipinski definition) is 4. The normalized spacial score (nSPS) is 18.3. The van der Waals surface area contributed by atoms with E-state index in [9.17, 15) is 0 Å². The van der Waals surface area contributed by atoms with Gasteiger partial charge in [0.25, 0.3) is 0 Å². The molecule has 5 heteroatoms. The van der Waals surface area contributed by atoms with Gasteiger partial charge in [0.15, 0.2) is 0 Å². The van der Waals surface area contributed by atoms with Crippen LogP contribution in [0.3, 0.4) is 0 Å². The lowest BCUT2D eigenvalue weighted by Crippen LogP contribution is -2.27. The average molecular weight is 296 g/mol. The molecule has 0 aromatic carbocycles. The molecule has 0 radical (unpaired) electrons. The molecule has 1 fully saturated rings. The summed E-state index contributed by atoms with van der Waals surface area (Å²) in [5.41, 5.74) is 1.25. The minimum Gasteiger partial charge on any atom is -0.308 e. The zero-order valence-corrected chi connectivity index (χ0v) is 13.7. The first-order valence-corrected chi connectivity index (χ1v) is 9.13. The van der Waals surface area contributed by atoms with E-state index in [-0.39, 0.29) is 0 Å². The molecule has 1 atom stereocenters. The van der Waals surface area contributed by atoms with Gasteiger partial charge in [-0.25, -0.2) is 4.68 Å². The molecule has 2 rings (SSSR count). The van der Waals surface area contributed by atoms with Crippen molar-refractivity contribution >= 4 is 11.8 Å². The van der Waals surface area contributed by atoms with Gasteiger partial charge in [-0.2, -0.15) is 11.8 Å². The van der Waals surface area contributed by atoms with Crippen molar-refractivity contribution in [1.29, 1.82) is 0 Å². The first kappa shape index (κ1) is 15.8. The van der Waals surface area contributed by atoms with E-state index in [1.165, 1.54) is 37.8 Å². The van der Waals surface area contributed by atoms with Crippen LogP contribution in [0, 0.1) is 0 Å². The van der Waals surface area contributed by atoms with Gasteiger partial charge in [-0.1, -0.05) is 38.3 Å². The average Bonchev–Trinajstić information content (AvgIpc) is 2.93. The second-order valence-corrected chi connectivity index (χ2v) is 6.92. The Bertz CT molecular complexity index is 374. The predicted molar refractivity (Wildman–Crippen MR) is 86.1 cm³/mol. The van der Waals surface area contributed by atoms with Crippen molar-refractivity contribution in [1.82, 2.24) is 20.3 Å². The van der Waals surface area contributed by atoms with E-state index in [1.807, 2.05) is 6.20 Å². The molecule has 1 aromatic heterocycles. The van der Waals surface area contributed by atoms with Crippen LogP contribution in [-0.2, 0) is 6.54 Å². The van der Waals surface area contributed by atoms with Gasteiger partial charge >= 0.3 is 0 Å². The summed E-state index contributed by atoms with van der Waals surface area (Å²) in [6.45, 7) is 6.31. The molecule has 20 heavy (non-hydrogen) atoms. The molecule has 0 amide bonds. The lowest BCUT2D eigenvalue weighted by molar-refractivity contribution is 0.496. The minimum absolute atomic E-state index is 0.383. The van der Waals surface area contributed by atoms with E-state index in [0.29, 0.717) is 6.04 Å². The highest BCUT2D eigenvalue weighted by Crippen LogP contribution is 2.30. The fourth-order valence-electron chi connectivity index (χ4n) is 2.88. The largest absolute Gasteiger partial charge is 0.308 e. The highest BCUT2D eigenvalue weighted by atomic mass is 32.2. The molecule has 0 spiro atoms. The molecule has 1 N–H and O–H groups in total. The highest BCUT2D eigenvalue weighted by molar-refractivity contribution is 7.99. The molecule has 1 aromatic rings. The Morgan fingerprint density at radius 3 is 2.85 bits per heavy atom. The van der Waals surface area contributed by atoms with Crippen LogP contribution in [0.4, 0.5) is 0 Å². The van der Waals surface area contributed by atoms with Crippen LogP contribution in [-0.4, -0.2) is 32.5 Å². The van der Waals surface area contributed by atoms with Gasteiger partial charge in [0.1, 0.15) is 0 Å². The van der Waals surface area contributed by atoms with Crippen molar-refractivity contribution in [2.24, 2.45) is 0 Å². The first-order valence-electron chi connectivity index (χ1n) is 8.08. The van der Waals surface area contributed by atoms with E-state index < -0.39 is 0 Å². The Morgan fingerprint density at radius 2 is 2.15 bits per heavy atom.